The van der Waals surface area contributed by atoms with E-state index in [0.29, 0.717) is 5.56 Å². The zero-order valence-electron chi connectivity index (χ0n) is 8.21. The van der Waals surface area contributed by atoms with E-state index in [4.69, 9.17) is 5.11 Å². The Balaban J connectivity index is 1.98. The highest BCUT2D eigenvalue weighted by Crippen LogP contribution is 2.25. The predicted octanol–water partition coefficient (Wildman–Crippen LogP) is 3.57. The Labute approximate surface area is 101 Å². The summed E-state index contributed by atoms with van der Waals surface area (Å²) in [6, 6.07) is 10.7. The van der Waals surface area contributed by atoms with E-state index in [1.807, 2.05) is 17.5 Å². The zero-order chi connectivity index (χ0) is 11.4. The fourth-order valence-corrected chi connectivity index (χ4v) is 2.55. The minimum absolute atomic E-state index is 0.298. The average molecular weight is 251 g/mol. The molecule has 0 aliphatic rings. The van der Waals surface area contributed by atoms with Crippen molar-refractivity contribution in [2.45, 2.75) is 4.21 Å². The first-order valence-electron chi connectivity index (χ1n) is 4.55. The first-order chi connectivity index (χ1) is 7.75. The molecule has 0 bridgehead atoms. The number of anilines is 1. The van der Waals surface area contributed by atoms with Gasteiger partial charge in [0.25, 0.3) is 0 Å². The average Bonchev–Trinajstić information content (AvgIpc) is 2.80. The van der Waals surface area contributed by atoms with Gasteiger partial charge >= 0.3 is 5.97 Å². The molecule has 3 nitrogen and oxygen atoms in total. The van der Waals surface area contributed by atoms with Gasteiger partial charge in [-0.2, -0.15) is 0 Å². The molecule has 1 aromatic carbocycles. The first kappa shape index (κ1) is 11.0. The van der Waals surface area contributed by atoms with Crippen LogP contribution in [0, 0.1) is 0 Å². The molecule has 0 radical (unpaired) electrons. The monoisotopic (exact) mass is 251 g/mol. The van der Waals surface area contributed by atoms with E-state index in [1.54, 1.807) is 35.6 Å². The Morgan fingerprint density at radius 2 is 2.00 bits per heavy atom. The summed E-state index contributed by atoms with van der Waals surface area (Å²) in [6.07, 6.45) is 0. The highest BCUT2D eigenvalue weighted by molar-refractivity contribution is 8.02. The number of rotatable bonds is 4. The quantitative estimate of drug-likeness (QED) is 0.816. The first-order valence-corrected chi connectivity index (χ1v) is 6.25. The highest BCUT2D eigenvalue weighted by atomic mass is 32.2. The van der Waals surface area contributed by atoms with Gasteiger partial charge in [0.15, 0.2) is 0 Å². The molecule has 0 spiro atoms. The maximum absolute atomic E-state index is 10.6. The van der Waals surface area contributed by atoms with Gasteiger partial charge in [0.1, 0.15) is 0 Å². The van der Waals surface area contributed by atoms with E-state index in [-0.39, 0.29) is 0 Å². The molecule has 5 heteroatoms. The van der Waals surface area contributed by atoms with Gasteiger partial charge in [-0.05, 0) is 47.7 Å². The van der Waals surface area contributed by atoms with Crippen LogP contribution in [0.2, 0.25) is 0 Å². The topological polar surface area (TPSA) is 49.3 Å². The fraction of sp³-hybridized carbons (Fsp3) is 0. The van der Waals surface area contributed by atoms with Gasteiger partial charge in [-0.3, -0.25) is 0 Å². The Hall–Kier alpha value is -1.46. The number of hydrogen-bond donors (Lipinski definition) is 2. The maximum atomic E-state index is 10.6. The van der Waals surface area contributed by atoms with Crippen LogP contribution in [0.3, 0.4) is 0 Å². The molecule has 16 heavy (non-hydrogen) atoms. The van der Waals surface area contributed by atoms with Crippen molar-refractivity contribution in [3.8, 4) is 0 Å². The number of nitrogens with one attached hydrogen (secondary N) is 1. The van der Waals surface area contributed by atoms with Crippen molar-refractivity contribution in [1.29, 1.82) is 0 Å². The van der Waals surface area contributed by atoms with Crippen molar-refractivity contribution in [3.05, 3.63) is 47.3 Å². The molecule has 0 amide bonds. The molecule has 0 unspecified atom stereocenters. The van der Waals surface area contributed by atoms with Crippen LogP contribution in [0.1, 0.15) is 10.4 Å². The smallest absolute Gasteiger partial charge is 0.335 e. The zero-order valence-corrected chi connectivity index (χ0v) is 9.85. The van der Waals surface area contributed by atoms with Gasteiger partial charge < -0.3 is 9.83 Å². The van der Waals surface area contributed by atoms with Crippen LogP contribution in [0.5, 0.6) is 0 Å². The van der Waals surface area contributed by atoms with E-state index >= 15 is 0 Å². The molecule has 0 fully saturated rings. The molecule has 0 aliphatic carbocycles. The van der Waals surface area contributed by atoms with Gasteiger partial charge in [0.2, 0.25) is 0 Å². The second-order valence-electron chi connectivity index (χ2n) is 3.02. The molecule has 82 valence electrons. The summed E-state index contributed by atoms with van der Waals surface area (Å²) in [5, 5.41) is 10.7. The summed E-state index contributed by atoms with van der Waals surface area (Å²) < 4.78 is 4.32. The molecular weight excluding hydrogens is 242 g/mol. The lowest BCUT2D eigenvalue weighted by Crippen LogP contribution is -1.95. The number of benzene rings is 1. The lowest BCUT2D eigenvalue weighted by Gasteiger charge is -2.03. The van der Waals surface area contributed by atoms with Crippen molar-refractivity contribution in [2.24, 2.45) is 0 Å². The second kappa shape index (κ2) is 5.05. The maximum Gasteiger partial charge on any atom is 0.335 e. The minimum atomic E-state index is -0.905. The number of aromatic carboxylic acids is 1. The van der Waals surface area contributed by atoms with Crippen LogP contribution >= 0.6 is 23.3 Å². The van der Waals surface area contributed by atoms with E-state index in [2.05, 4.69) is 4.72 Å². The molecule has 2 rings (SSSR count). The van der Waals surface area contributed by atoms with Gasteiger partial charge in [0, 0.05) is 5.69 Å². The van der Waals surface area contributed by atoms with Crippen molar-refractivity contribution >= 4 is 34.9 Å². The summed E-state index contributed by atoms with van der Waals surface area (Å²) in [4.78, 5) is 10.6. The van der Waals surface area contributed by atoms with E-state index in [1.165, 1.54) is 16.2 Å². The van der Waals surface area contributed by atoms with E-state index in [9.17, 15) is 4.79 Å². The number of hydrogen-bond acceptors (Lipinski definition) is 4. The van der Waals surface area contributed by atoms with Crippen molar-refractivity contribution in [3.63, 3.8) is 0 Å². The van der Waals surface area contributed by atoms with Gasteiger partial charge in [-0.15, -0.1) is 11.3 Å². The van der Waals surface area contributed by atoms with E-state index in [0.717, 1.165) is 5.69 Å². The van der Waals surface area contributed by atoms with Crippen molar-refractivity contribution < 1.29 is 9.90 Å². The van der Waals surface area contributed by atoms with Gasteiger partial charge in [-0.25, -0.2) is 4.79 Å². The third-order valence-electron chi connectivity index (χ3n) is 1.90. The van der Waals surface area contributed by atoms with Crippen LogP contribution in [0.15, 0.2) is 46.0 Å². The third kappa shape index (κ3) is 2.77. The van der Waals surface area contributed by atoms with Crippen molar-refractivity contribution in [1.82, 2.24) is 0 Å². The van der Waals surface area contributed by atoms with Crippen molar-refractivity contribution in [2.75, 3.05) is 4.72 Å². The minimum Gasteiger partial charge on any atom is -0.478 e. The van der Waals surface area contributed by atoms with Crippen LogP contribution in [-0.2, 0) is 0 Å². The number of carboxylic acid groups (broad SMARTS) is 1. The van der Waals surface area contributed by atoms with Crippen LogP contribution in [0.4, 0.5) is 5.69 Å². The summed E-state index contributed by atoms with van der Waals surface area (Å²) in [7, 11) is 0. The molecule has 0 saturated carbocycles. The van der Waals surface area contributed by atoms with E-state index < -0.39 is 5.97 Å². The summed E-state index contributed by atoms with van der Waals surface area (Å²) in [6.45, 7) is 0. The molecule has 0 saturated heterocycles. The number of thiophene rings is 1. The molecule has 2 N–H and O–H groups in total. The molecule has 1 aromatic heterocycles. The standard InChI is InChI=1S/C11H9NO2S2/c13-11(14)8-3-5-9(6-4-8)12-16-10-2-1-7-15-10/h1-7,12H,(H,13,14). The Bertz CT molecular complexity index is 465. The SMILES string of the molecule is O=C(O)c1ccc(NSc2cccs2)cc1. The Morgan fingerprint density at radius 3 is 2.56 bits per heavy atom. The summed E-state index contributed by atoms with van der Waals surface area (Å²) >= 11 is 3.17. The molecule has 1 heterocycles. The number of carbonyl (C=O) groups is 1. The molecule has 2 aromatic rings. The second-order valence-corrected chi connectivity index (χ2v) is 5.07. The summed E-state index contributed by atoms with van der Waals surface area (Å²) in [5.41, 5.74) is 1.19. The fourth-order valence-electron chi connectivity index (χ4n) is 1.11. The summed E-state index contributed by atoms with van der Waals surface area (Å²) in [5.74, 6) is -0.905. The highest BCUT2D eigenvalue weighted by Gasteiger charge is 2.01. The lowest BCUT2D eigenvalue weighted by molar-refractivity contribution is 0.0697. The largest absolute Gasteiger partial charge is 0.478 e. The third-order valence-corrected chi connectivity index (χ3v) is 3.77. The Kier molecular flexibility index (Phi) is 3.48. The van der Waals surface area contributed by atoms with Crippen LogP contribution < -0.4 is 4.72 Å². The normalized spacial score (nSPS) is 10.0. The lowest BCUT2D eigenvalue weighted by atomic mass is 10.2. The van der Waals surface area contributed by atoms with Gasteiger partial charge in [-0.1, -0.05) is 6.07 Å². The number of carboxylic acids is 1. The van der Waals surface area contributed by atoms with Crippen LogP contribution in [-0.4, -0.2) is 11.1 Å². The van der Waals surface area contributed by atoms with Crippen LogP contribution in [0.25, 0.3) is 0 Å². The Morgan fingerprint density at radius 1 is 1.25 bits per heavy atom. The molecule has 0 atom stereocenters. The molecule has 0 aliphatic heterocycles. The molecular formula is C11H9NO2S2. The van der Waals surface area contributed by atoms with Gasteiger partial charge in [0.05, 0.1) is 9.77 Å². The predicted molar refractivity (Wildman–Crippen MR) is 67.2 cm³/mol.